The van der Waals surface area contributed by atoms with Gasteiger partial charge in [0.15, 0.2) is 0 Å². The second-order valence-corrected chi connectivity index (χ2v) is 5.93. The Labute approximate surface area is 110 Å². The van der Waals surface area contributed by atoms with Crippen LogP contribution in [-0.4, -0.2) is 59.0 Å². The molecule has 0 N–H and O–H groups in total. The van der Waals surface area contributed by atoms with Gasteiger partial charge in [0.1, 0.15) is 11.6 Å². The third-order valence-corrected chi connectivity index (χ3v) is 3.22. The Balaban J connectivity index is 1.99. The molecule has 3 saturated heterocycles. The topological polar surface area (TPSA) is 49.9 Å². The fourth-order valence-corrected chi connectivity index (χ4v) is 2.46. The van der Waals surface area contributed by atoms with Gasteiger partial charge in [-0.05, 0) is 27.2 Å². The lowest BCUT2D eigenvalue weighted by atomic mass is 9.87. The molecule has 0 aromatic heterocycles. The third-order valence-electron chi connectivity index (χ3n) is 3.22. The van der Waals surface area contributed by atoms with Crippen molar-refractivity contribution in [1.82, 2.24) is 9.80 Å². The Hall–Kier alpha value is -1.40. The number of ether oxygens (including phenoxy) is 1. The largest absolute Gasteiger partial charge is 0.444 e. The van der Waals surface area contributed by atoms with E-state index in [9.17, 15) is 18.4 Å². The maximum atomic E-state index is 12.3. The lowest BCUT2D eigenvalue weighted by molar-refractivity contribution is -0.160. The molecular formula is C12H18F2N2O3. The number of alkyl halides is 2. The van der Waals surface area contributed by atoms with E-state index in [4.69, 9.17) is 4.74 Å². The summed E-state index contributed by atoms with van der Waals surface area (Å²) >= 11 is 0. The predicted molar refractivity (Wildman–Crippen MR) is 62.9 cm³/mol. The molecule has 0 aromatic rings. The van der Waals surface area contributed by atoms with E-state index in [2.05, 4.69) is 0 Å². The highest BCUT2D eigenvalue weighted by Crippen LogP contribution is 2.34. The number of fused-ring (bicyclic) bond motifs is 2. The van der Waals surface area contributed by atoms with Crippen molar-refractivity contribution in [2.45, 2.75) is 51.3 Å². The molecule has 108 valence electrons. The van der Waals surface area contributed by atoms with Crippen LogP contribution in [0.2, 0.25) is 0 Å². The predicted octanol–water partition coefficient (Wildman–Crippen LogP) is 1.47. The quantitative estimate of drug-likeness (QED) is 0.767. The summed E-state index contributed by atoms with van der Waals surface area (Å²) < 4.78 is 29.8. The molecular weight excluding hydrogens is 258 g/mol. The summed E-state index contributed by atoms with van der Waals surface area (Å²) in [6.45, 7) is 4.83. The van der Waals surface area contributed by atoms with Crippen LogP contribution < -0.4 is 0 Å². The molecule has 3 aliphatic heterocycles. The number of rotatable bonds is 2. The van der Waals surface area contributed by atoms with Crippen molar-refractivity contribution in [3.05, 3.63) is 0 Å². The van der Waals surface area contributed by atoms with Crippen LogP contribution in [-0.2, 0) is 9.53 Å². The van der Waals surface area contributed by atoms with Gasteiger partial charge in [0.25, 0.3) is 6.43 Å². The van der Waals surface area contributed by atoms with Gasteiger partial charge in [-0.1, -0.05) is 0 Å². The Bertz CT molecular complexity index is 395. The fourth-order valence-electron chi connectivity index (χ4n) is 2.46. The van der Waals surface area contributed by atoms with Crippen LogP contribution in [0.4, 0.5) is 13.6 Å². The maximum absolute atomic E-state index is 12.3. The minimum absolute atomic E-state index is 0.166. The highest BCUT2D eigenvalue weighted by Gasteiger charge is 2.54. The van der Waals surface area contributed by atoms with E-state index in [1.165, 1.54) is 4.90 Å². The van der Waals surface area contributed by atoms with Gasteiger partial charge < -0.3 is 9.64 Å². The van der Waals surface area contributed by atoms with Crippen molar-refractivity contribution in [2.75, 3.05) is 13.1 Å². The summed E-state index contributed by atoms with van der Waals surface area (Å²) in [5, 5.41) is 0. The number of halogens is 2. The number of hydrogen-bond acceptors (Lipinski definition) is 3. The van der Waals surface area contributed by atoms with E-state index in [1.807, 2.05) is 0 Å². The second kappa shape index (κ2) is 4.61. The molecule has 0 spiro atoms. The zero-order chi connectivity index (χ0) is 14.4. The van der Waals surface area contributed by atoms with Gasteiger partial charge in [0, 0.05) is 6.54 Å². The van der Waals surface area contributed by atoms with Crippen molar-refractivity contribution in [3.63, 3.8) is 0 Å². The number of carbonyl (C=O) groups excluding carboxylic acids is 2. The molecule has 3 heterocycles. The lowest BCUT2D eigenvalue weighted by Gasteiger charge is -2.54. The van der Waals surface area contributed by atoms with Gasteiger partial charge in [-0.25, -0.2) is 13.6 Å². The average Bonchev–Trinajstić information content (AvgIpc) is 2.15. The fraction of sp³-hybridized carbons (Fsp3) is 0.833. The molecule has 2 unspecified atom stereocenters. The highest BCUT2D eigenvalue weighted by atomic mass is 19.3. The molecule has 3 fully saturated rings. The van der Waals surface area contributed by atoms with Gasteiger partial charge in [-0.2, -0.15) is 0 Å². The monoisotopic (exact) mass is 276 g/mol. The van der Waals surface area contributed by atoms with E-state index in [0.717, 1.165) is 4.90 Å². The summed E-state index contributed by atoms with van der Waals surface area (Å²) in [6, 6.07) is -0.830. The van der Waals surface area contributed by atoms with Crippen LogP contribution in [0, 0.1) is 0 Å². The molecule has 0 aliphatic carbocycles. The normalized spacial score (nSPS) is 26.5. The Kier molecular flexibility index (Phi) is 3.40. The van der Waals surface area contributed by atoms with E-state index in [1.54, 1.807) is 20.8 Å². The van der Waals surface area contributed by atoms with Crippen LogP contribution in [0.5, 0.6) is 0 Å². The summed E-state index contributed by atoms with van der Waals surface area (Å²) in [6.07, 6.45) is -2.55. The van der Waals surface area contributed by atoms with Gasteiger partial charge in [0.05, 0.1) is 12.6 Å². The molecule has 2 bridgehead atoms. The van der Waals surface area contributed by atoms with Gasteiger partial charge in [0.2, 0.25) is 5.91 Å². The van der Waals surface area contributed by atoms with E-state index in [0.29, 0.717) is 6.42 Å². The van der Waals surface area contributed by atoms with E-state index in [-0.39, 0.29) is 12.6 Å². The summed E-state index contributed by atoms with van der Waals surface area (Å²) in [4.78, 5) is 26.3. The molecule has 0 aromatic carbocycles. The highest BCUT2D eigenvalue weighted by molar-refractivity contribution is 5.89. The summed E-state index contributed by atoms with van der Waals surface area (Å²) in [5.41, 5.74) is -0.632. The molecule has 5 nitrogen and oxygen atoms in total. The standard InChI is InChI=1S/C12H18F2N2O3/c1-12(2,3)19-11(18)16-7-4-8(16)10(17)15(5-7)6-9(13)14/h7-9H,4-6H2,1-3H3. The van der Waals surface area contributed by atoms with Crippen LogP contribution >= 0.6 is 0 Å². The van der Waals surface area contributed by atoms with Crippen molar-refractivity contribution < 1.29 is 23.1 Å². The molecule has 0 radical (unpaired) electrons. The number of nitrogens with zero attached hydrogens (tertiary/aromatic N) is 2. The Morgan fingerprint density at radius 1 is 1.47 bits per heavy atom. The third kappa shape index (κ3) is 2.79. The first-order valence-electron chi connectivity index (χ1n) is 6.27. The first kappa shape index (κ1) is 14.0. The molecule has 3 rings (SSSR count). The molecule has 2 amide bonds. The van der Waals surface area contributed by atoms with Crippen molar-refractivity contribution in [3.8, 4) is 0 Å². The van der Waals surface area contributed by atoms with E-state index >= 15 is 0 Å². The minimum Gasteiger partial charge on any atom is -0.444 e. The zero-order valence-electron chi connectivity index (χ0n) is 11.2. The van der Waals surface area contributed by atoms with Crippen molar-refractivity contribution in [1.29, 1.82) is 0 Å². The zero-order valence-corrected chi connectivity index (χ0v) is 11.2. The van der Waals surface area contributed by atoms with Crippen LogP contribution in [0.25, 0.3) is 0 Å². The minimum atomic E-state index is -2.54. The number of piperidine rings is 1. The number of amides is 2. The Morgan fingerprint density at radius 3 is 2.58 bits per heavy atom. The second-order valence-electron chi connectivity index (χ2n) is 5.93. The molecule has 2 atom stereocenters. The summed E-state index contributed by atoms with van der Waals surface area (Å²) in [5.74, 6) is -0.409. The number of hydrogen-bond donors (Lipinski definition) is 0. The first-order valence-corrected chi connectivity index (χ1v) is 6.27. The number of carbonyl (C=O) groups is 2. The average molecular weight is 276 g/mol. The first-order chi connectivity index (χ1) is 8.69. The van der Waals surface area contributed by atoms with Crippen molar-refractivity contribution in [2.24, 2.45) is 0 Å². The van der Waals surface area contributed by atoms with Gasteiger partial charge in [-0.15, -0.1) is 0 Å². The SMILES string of the molecule is CC(C)(C)OC(=O)N1C2CC1C(=O)N(CC(F)F)C2. The van der Waals surface area contributed by atoms with Crippen LogP contribution in [0.3, 0.4) is 0 Å². The van der Waals surface area contributed by atoms with Crippen LogP contribution in [0.15, 0.2) is 0 Å². The maximum Gasteiger partial charge on any atom is 0.411 e. The van der Waals surface area contributed by atoms with Gasteiger partial charge >= 0.3 is 6.09 Å². The molecule has 0 saturated carbocycles. The van der Waals surface area contributed by atoms with Gasteiger partial charge in [-0.3, -0.25) is 9.69 Å². The lowest BCUT2D eigenvalue weighted by Crippen LogP contribution is -2.73. The van der Waals surface area contributed by atoms with Crippen LogP contribution in [0.1, 0.15) is 27.2 Å². The smallest absolute Gasteiger partial charge is 0.411 e. The number of piperazine rings is 1. The van der Waals surface area contributed by atoms with Crippen molar-refractivity contribution >= 4 is 12.0 Å². The molecule has 7 heteroatoms. The molecule has 19 heavy (non-hydrogen) atoms. The summed E-state index contributed by atoms with van der Waals surface area (Å²) in [7, 11) is 0. The Morgan fingerprint density at radius 2 is 2.11 bits per heavy atom. The molecule has 3 aliphatic rings. The van der Waals surface area contributed by atoms with E-state index < -0.39 is 36.6 Å².